The second kappa shape index (κ2) is 6.76. The van der Waals surface area contributed by atoms with Gasteiger partial charge in [0.2, 0.25) is 5.91 Å². The maximum Gasteiger partial charge on any atom is 0.235 e. The van der Waals surface area contributed by atoms with Crippen LogP contribution in [0.15, 0.2) is 10.6 Å². The fourth-order valence-electron chi connectivity index (χ4n) is 3.06. The molecule has 2 heterocycles. The molecule has 2 rings (SSSR count). The van der Waals surface area contributed by atoms with Crippen LogP contribution in [0.5, 0.6) is 0 Å². The Hall–Kier alpha value is -1.16. The minimum Gasteiger partial charge on any atom is -0.543 e. The van der Waals surface area contributed by atoms with Crippen molar-refractivity contribution in [3.63, 3.8) is 0 Å². The fourth-order valence-corrected chi connectivity index (χ4v) is 4.46. The number of carbonyl (C=O) groups is 2. The molecule has 0 unspecified atom stereocenters. The number of amides is 1. The van der Waals surface area contributed by atoms with Gasteiger partial charge in [-0.1, -0.05) is 30.9 Å². The molecule has 4 atom stereocenters. The summed E-state index contributed by atoms with van der Waals surface area (Å²) in [5.41, 5.74) is -0.158. The number of fused-ring (bicyclic) bond motifs is 1. The van der Waals surface area contributed by atoms with Crippen LogP contribution in [0.2, 0.25) is 0 Å². The first kappa shape index (κ1) is 18.2. The van der Waals surface area contributed by atoms with Gasteiger partial charge in [-0.15, -0.1) is 0 Å². The SMILES string of the molecule is C[C@@H](O)[C@H]1C(=O)N2C(C(=O)[O-])=C(SC(=S)N(C)CCO)[C@H](C)[C@H]12. The molecule has 0 aliphatic carbocycles. The number of hydrogen-bond acceptors (Lipinski definition) is 7. The Morgan fingerprint density at radius 1 is 1.57 bits per heavy atom. The van der Waals surface area contributed by atoms with Crippen LogP contribution >= 0.6 is 24.0 Å². The van der Waals surface area contributed by atoms with Gasteiger partial charge in [0.1, 0.15) is 4.32 Å². The van der Waals surface area contributed by atoms with E-state index in [1.807, 2.05) is 6.92 Å². The highest BCUT2D eigenvalue weighted by molar-refractivity contribution is 8.25. The summed E-state index contributed by atoms with van der Waals surface area (Å²) in [6.07, 6.45) is -0.845. The van der Waals surface area contributed by atoms with E-state index in [2.05, 4.69) is 0 Å². The van der Waals surface area contributed by atoms with Gasteiger partial charge >= 0.3 is 0 Å². The van der Waals surface area contributed by atoms with Crippen molar-refractivity contribution in [3.05, 3.63) is 10.6 Å². The predicted molar refractivity (Wildman–Crippen MR) is 86.9 cm³/mol. The van der Waals surface area contributed by atoms with E-state index in [0.29, 0.717) is 15.8 Å². The third-order valence-electron chi connectivity index (χ3n) is 4.25. The summed E-state index contributed by atoms with van der Waals surface area (Å²) in [5, 5.41) is 30.2. The topological polar surface area (TPSA) is 104 Å². The number of likely N-dealkylation sites (N-methyl/N-ethyl adjacent to an activating group) is 1. The van der Waals surface area contributed by atoms with Crippen LogP contribution in [0.4, 0.5) is 0 Å². The molecule has 0 radical (unpaired) electrons. The second-order valence-electron chi connectivity index (χ2n) is 5.77. The molecule has 2 aliphatic rings. The monoisotopic (exact) mass is 359 g/mol. The van der Waals surface area contributed by atoms with Crippen molar-refractivity contribution in [2.45, 2.75) is 26.0 Å². The quantitative estimate of drug-likeness (QED) is 0.463. The third-order valence-corrected chi connectivity index (χ3v) is 6.08. The van der Waals surface area contributed by atoms with E-state index in [-0.39, 0.29) is 24.3 Å². The Balaban J connectivity index is 2.29. The van der Waals surface area contributed by atoms with Crippen LogP contribution in [-0.4, -0.2) is 68.6 Å². The molecule has 0 spiro atoms. The molecular weight excluding hydrogens is 340 g/mol. The van der Waals surface area contributed by atoms with Crippen LogP contribution in [-0.2, 0) is 9.59 Å². The summed E-state index contributed by atoms with van der Waals surface area (Å²) in [7, 11) is 1.70. The predicted octanol–water partition coefficient (Wildman–Crippen LogP) is -1.25. The molecule has 2 N–H and O–H groups in total. The van der Waals surface area contributed by atoms with Gasteiger partial charge in [0, 0.05) is 24.4 Å². The third kappa shape index (κ3) is 2.98. The number of carbonyl (C=O) groups excluding carboxylic acids is 2. The summed E-state index contributed by atoms with van der Waals surface area (Å²) < 4.78 is 0.406. The fraction of sp³-hybridized carbons (Fsp3) is 0.643. The molecule has 0 aromatic heterocycles. The Bertz CT molecular complexity index is 578. The first-order valence-electron chi connectivity index (χ1n) is 7.22. The van der Waals surface area contributed by atoms with Crippen molar-refractivity contribution in [3.8, 4) is 0 Å². The molecule has 0 aromatic rings. The number of thioether (sulfide) groups is 1. The molecule has 1 fully saturated rings. The highest BCUT2D eigenvalue weighted by Gasteiger charge is 2.58. The van der Waals surface area contributed by atoms with Crippen molar-refractivity contribution >= 4 is 40.2 Å². The van der Waals surface area contributed by atoms with Crippen LogP contribution in [0, 0.1) is 11.8 Å². The van der Waals surface area contributed by atoms with E-state index in [9.17, 15) is 19.8 Å². The maximum absolute atomic E-state index is 12.2. The van der Waals surface area contributed by atoms with Gasteiger partial charge in [0.15, 0.2) is 0 Å². The largest absolute Gasteiger partial charge is 0.543 e. The van der Waals surface area contributed by atoms with Crippen molar-refractivity contribution in [1.29, 1.82) is 0 Å². The van der Waals surface area contributed by atoms with Crippen molar-refractivity contribution < 1.29 is 24.9 Å². The lowest BCUT2D eigenvalue weighted by molar-refractivity contribution is -0.301. The van der Waals surface area contributed by atoms with Crippen LogP contribution in [0.3, 0.4) is 0 Å². The molecule has 128 valence electrons. The highest BCUT2D eigenvalue weighted by Crippen LogP contribution is 2.50. The molecule has 7 nitrogen and oxygen atoms in total. The first-order valence-corrected chi connectivity index (χ1v) is 8.45. The maximum atomic E-state index is 12.2. The Morgan fingerprint density at radius 2 is 2.17 bits per heavy atom. The van der Waals surface area contributed by atoms with E-state index in [4.69, 9.17) is 17.3 Å². The summed E-state index contributed by atoms with van der Waals surface area (Å²) in [6.45, 7) is 3.59. The molecule has 1 amide bonds. The van der Waals surface area contributed by atoms with Crippen molar-refractivity contribution in [2.24, 2.45) is 11.8 Å². The number of thiocarbonyl (C=S) groups is 1. The van der Waals surface area contributed by atoms with Gasteiger partial charge in [0.05, 0.1) is 36.3 Å². The summed E-state index contributed by atoms with van der Waals surface area (Å²) in [5.74, 6) is -2.69. The smallest absolute Gasteiger partial charge is 0.235 e. The Kier molecular flexibility index (Phi) is 5.34. The molecule has 1 saturated heterocycles. The lowest BCUT2D eigenvalue weighted by Gasteiger charge is -2.47. The number of nitrogens with zero attached hydrogens (tertiary/aromatic N) is 2. The average molecular weight is 359 g/mol. The van der Waals surface area contributed by atoms with Gasteiger partial charge < -0.3 is 29.9 Å². The zero-order valence-corrected chi connectivity index (χ0v) is 14.7. The number of aliphatic carboxylic acids is 1. The molecular formula is C14H19N2O5S2-. The van der Waals surface area contributed by atoms with E-state index >= 15 is 0 Å². The number of aliphatic hydroxyl groups is 2. The lowest BCUT2D eigenvalue weighted by atomic mass is 9.79. The van der Waals surface area contributed by atoms with E-state index < -0.39 is 23.9 Å². The zero-order valence-electron chi connectivity index (χ0n) is 13.1. The van der Waals surface area contributed by atoms with Crippen molar-refractivity contribution in [1.82, 2.24) is 9.80 Å². The first-order chi connectivity index (χ1) is 10.7. The number of β-lactam (4-membered cyclic amide) rings is 1. The van der Waals surface area contributed by atoms with E-state index in [1.54, 1.807) is 11.9 Å². The minimum atomic E-state index is -1.42. The average Bonchev–Trinajstić information content (AvgIpc) is 2.69. The molecule has 2 aliphatic heterocycles. The standard InChI is InChI=1S/C14H20N2O5S2/c1-6-9-8(7(2)18)12(19)16(9)10(13(20)21)11(6)23-14(22)15(3)4-5-17/h6-9,17-18H,4-5H2,1-3H3,(H,20,21)/p-1/t6-,7-,8-,9-/m1/s1. The van der Waals surface area contributed by atoms with Crippen LogP contribution < -0.4 is 5.11 Å². The zero-order chi connectivity index (χ0) is 17.5. The number of carboxylic acids is 1. The van der Waals surface area contributed by atoms with Gasteiger partial charge in [-0.3, -0.25) is 4.79 Å². The number of carboxylic acid groups (broad SMARTS) is 1. The van der Waals surface area contributed by atoms with E-state index in [1.165, 1.54) is 11.8 Å². The Morgan fingerprint density at radius 3 is 2.65 bits per heavy atom. The van der Waals surface area contributed by atoms with Gasteiger partial charge in [0.25, 0.3) is 0 Å². The Labute approximate surface area is 143 Å². The number of hydrogen-bond donors (Lipinski definition) is 2. The normalized spacial score (nSPS) is 27.6. The van der Waals surface area contributed by atoms with Crippen LogP contribution in [0.25, 0.3) is 0 Å². The number of rotatable bonds is 5. The van der Waals surface area contributed by atoms with Crippen LogP contribution in [0.1, 0.15) is 13.8 Å². The van der Waals surface area contributed by atoms with E-state index in [0.717, 1.165) is 11.8 Å². The van der Waals surface area contributed by atoms with Crippen molar-refractivity contribution in [2.75, 3.05) is 20.2 Å². The van der Waals surface area contributed by atoms with Gasteiger partial charge in [-0.05, 0) is 6.92 Å². The summed E-state index contributed by atoms with van der Waals surface area (Å²) >= 11 is 6.35. The molecule has 0 saturated carbocycles. The molecule has 9 heteroatoms. The highest BCUT2D eigenvalue weighted by atomic mass is 32.2. The molecule has 23 heavy (non-hydrogen) atoms. The van der Waals surface area contributed by atoms with Gasteiger partial charge in [-0.25, -0.2) is 0 Å². The van der Waals surface area contributed by atoms with Gasteiger partial charge in [-0.2, -0.15) is 0 Å². The second-order valence-corrected chi connectivity index (χ2v) is 7.44. The molecule has 0 bridgehead atoms. The number of aliphatic hydroxyl groups excluding tert-OH is 2. The summed E-state index contributed by atoms with van der Waals surface area (Å²) in [4.78, 5) is 27.0. The summed E-state index contributed by atoms with van der Waals surface area (Å²) in [6, 6.07) is -0.385. The minimum absolute atomic E-state index is 0.0729. The lowest BCUT2D eigenvalue weighted by Crippen LogP contribution is -2.64. The molecule has 0 aromatic carbocycles.